The molecule has 0 aliphatic carbocycles. The molecule has 0 amide bonds. The number of rotatable bonds is 2. The molecule has 0 bridgehead atoms. The van der Waals surface area contributed by atoms with E-state index in [4.69, 9.17) is 0 Å². The fourth-order valence-corrected chi connectivity index (χ4v) is 2.52. The van der Waals surface area contributed by atoms with E-state index >= 15 is 0 Å². The second-order valence-electron chi connectivity index (χ2n) is 5.46. The van der Waals surface area contributed by atoms with Crippen LogP contribution in [0.3, 0.4) is 0 Å². The molecule has 0 heterocycles. The number of hydrogen-bond donors (Lipinski definition) is 0. The Labute approximate surface area is 171 Å². The third kappa shape index (κ3) is 8.05. The normalized spacial score (nSPS) is 8.71. The highest BCUT2D eigenvalue weighted by atomic mass is 14.0. The molecule has 0 aliphatic rings. The second kappa shape index (κ2) is 15.0. The Morgan fingerprint density at radius 1 is 0.250 bits per heavy atom. The first-order valence-corrected chi connectivity index (χ1v) is 10.1. The highest BCUT2D eigenvalue weighted by Gasteiger charge is 1.92. The van der Waals surface area contributed by atoms with Gasteiger partial charge in [0, 0.05) is 0 Å². The fourth-order valence-electron chi connectivity index (χ4n) is 2.52. The fraction of sp³-hybridized carbons (Fsp3) is 0.143. The lowest BCUT2D eigenvalue weighted by atomic mass is 10.1. The Balaban J connectivity index is 0.000000238. The molecular weight excluding hydrogens is 336 g/mol. The van der Waals surface area contributed by atoms with Gasteiger partial charge < -0.3 is 0 Å². The Kier molecular flexibility index (Phi) is 12.3. The smallest absolute Gasteiger partial charge is 0.0184 e. The Morgan fingerprint density at radius 2 is 0.393 bits per heavy atom. The first-order chi connectivity index (χ1) is 13.9. The molecule has 0 N–H and O–H groups in total. The van der Waals surface area contributed by atoms with Crippen LogP contribution in [0.2, 0.25) is 0 Å². The van der Waals surface area contributed by atoms with Crippen LogP contribution in [0.15, 0.2) is 121 Å². The summed E-state index contributed by atoms with van der Waals surface area (Å²) >= 11 is 0. The molecule has 4 aromatic rings. The molecule has 0 radical (unpaired) electrons. The average Bonchev–Trinajstić information content (AvgIpc) is 2.84. The molecule has 4 rings (SSSR count). The van der Waals surface area contributed by atoms with E-state index in [1.807, 2.05) is 52.0 Å². The van der Waals surface area contributed by atoms with Crippen LogP contribution < -0.4 is 0 Å². The van der Waals surface area contributed by atoms with Gasteiger partial charge in [0.15, 0.2) is 0 Å². The molecule has 0 heteroatoms. The van der Waals surface area contributed by atoms with E-state index in [0.29, 0.717) is 0 Å². The maximum atomic E-state index is 2.12. The van der Waals surface area contributed by atoms with Crippen LogP contribution in [0.25, 0.3) is 22.3 Å². The van der Waals surface area contributed by atoms with Crippen molar-refractivity contribution in [3.8, 4) is 22.3 Å². The van der Waals surface area contributed by atoms with Crippen molar-refractivity contribution in [3.63, 3.8) is 0 Å². The van der Waals surface area contributed by atoms with Gasteiger partial charge in [0.05, 0.1) is 0 Å². The molecular formula is C28H32. The van der Waals surface area contributed by atoms with Gasteiger partial charge in [0.25, 0.3) is 0 Å². The van der Waals surface area contributed by atoms with Crippen molar-refractivity contribution in [2.24, 2.45) is 0 Å². The number of benzene rings is 4. The standard InChI is InChI=1S/2C12H10.2C2H6/c2*1-3-7-11(8-4-1)12-9-5-2-6-10-12;2*1-2/h2*1-10H;2*1-2H3. The lowest BCUT2D eigenvalue weighted by Crippen LogP contribution is -1.73. The van der Waals surface area contributed by atoms with Crippen LogP contribution in [0.1, 0.15) is 27.7 Å². The predicted octanol–water partition coefficient (Wildman–Crippen LogP) is 8.76. The van der Waals surface area contributed by atoms with E-state index in [9.17, 15) is 0 Å². The largest absolute Gasteiger partial charge is 0.0683 e. The summed E-state index contributed by atoms with van der Waals surface area (Å²) in [6.07, 6.45) is 0. The van der Waals surface area contributed by atoms with Gasteiger partial charge >= 0.3 is 0 Å². The quantitative estimate of drug-likeness (QED) is 0.332. The van der Waals surface area contributed by atoms with Crippen LogP contribution in [-0.2, 0) is 0 Å². The molecule has 4 aromatic carbocycles. The van der Waals surface area contributed by atoms with Crippen LogP contribution in [0.4, 0.5) is 0 Å². The van der Waals surface area contributed by atoms with Crippen molar-refractivity contribution in [3.05, 3.63) is 121 Å². The first kappa shape index (κ1) is 22.9. The molecule has 0 fully saturated rings. The van der Waals surface area contributed by atoms with Crippen LogP contribution in [-0.4, -0.2) is 0 Å². The molecule has 0 saturated heterocycles. The molecule has 0 spiro atoms. The van der Waals surface area contributed by atoms with Crippen molar-refractivity contribution in [1.82, 2.24) is 0 Å². The van der Waals surface area contributed by atoms with Crippen LogP contribution in [0.5, 0.6) is 0 Å². The maximum absolute atomic E-state index is 2.12. The molecule has 144 valence electrons. The Hall–Kier alpha value is -3.12. The van der Waals surface area contributed by atoms with Crippen molar-refractivity contribution < 1.29 is 0 Å². The summed E-state index contributed by atoms with van der Waals surface area (Å²) in [5.41, 5.74) is 5.10. The summed E-state index contributed by atoms with van der Waals surface area (Å²) < 4.78 is 0. The summed E-state index contributed by atoms with van der Waals surface area (Å²) in [5, 5.41) is 0. The highest BCUT2D eigenvalue weighted by molar-refractivity contribution is 5.63. The summed E-state index contributed by atoms with van der Waals surface area (Å²) in [6, 6.07) is 41.6. The lowest BCUT2D eigenvalue weighted by Gasteiger charge is -1.98. The van der Waals surface area contributed by atoms with Gasteiger partial charge in [-0.2, -0.15) is 0 Å². The maximum Gasteiger partial charge on any atom is -0.0184 e. The minimum atomic E-state index is 1.28. The summed E-state index contributed by atoms with van der Waals surface area (Å²) in [7, 11) is 0. The minimum Gasteiger partial charge on any atom is -0.0683 e. The third-order valence-electron chi connectivity index (χ3n) is 3.76. The van der Waals surface area contributed by atoms with E-state index in [0.717, 1.165) is 0 Å². The van der Waals surface area contributed by atoms with Gasteiger partial charge in [0.2, 0.25) is 0 Å². The molecule has 28 heavy (non-hydrogen) atoms. The zero-order valence-corrected chi connectivity index (χ0v) is 17.5. The van der Waals surface area contributed by atoms with Crippen molar-refractivity contribution >= 4 is 0 Å². The molecule has 0 aromatic heterocycles. The molecule has 0 unspecified atom stereocenters. The highest BCUT2D eigenvalue weighted by Crippen LogP contribution is 2.18. The Bertz CT molecular complexity index is 670. The summed E-state index contributed by atoms with van der Waals surface area (Å²) in [4.78, 5) is 0. The van der Waals surface area contributed by atoms with Gasteiger partial charge in [-0.15, -0.1) is 0 Å². The molecule has 0 nitrogen and oxygen atoms in total. The predicted molar refractivity (Wildman–Crippen MR) is 126 cm³/mol. The van der Waals surface area contributed by atoms with Gasteiger partial charge in [-0.1, -0.05) is 149 Å². The van der Waals surface area contributed by atoms with Crippen molar-refractivity contribution in [1.29, 1.82) is 0 Å². The molecule has 0 saturated carbocycles. The van der Waals surface area contributed by atoms with Gasteiger partial charge in [-0.25, -0.2) is 0 Å². The average molecular weight is 369 g/mol. The minimum absolute atomic E-state index is 1.28. The second-order valence-corrected chi connectivity index (χ2v) is 5.46. The van der Waals surface area contributed by atoms with Crippen LogP contribution >= 0.6 is 0 Å². The monoisotopic (exact) mass is 368 g/mol. The van der Waals surface area contributed by atoms with Crippen molar-refractivity contribution in [2.45, 2.75) is 27.7 Å². The lowest BCUT2D eigenvalue weighted by molar-refractivity contribution is 1.50. The van der Waals surface area contributed by atoms with E-state index < -0.39 is 0 Å². The van der Waals surface area contributed by atoms with Gasteiger partial charge in [-0.3, -0.25) is 0 Å². The van der Waals surface area contributed by atoms with E-state index in [2.05, 4.69) is 97.1 Å². The van der Waals surface area contributed by atoms with Crippen molar-refractivity contribution in [2.75, 3.05) is 0 Å². The SMILES string of the molecule is CC.CC.c1ccc(-c2ccccc2)cc1.c1ccc(-c2ccccc2)cc1. The zero-order valence-electron chi connectivity index (χ0n) is 17.5. The number of hydrogen-bond acceptors (Lipinski definition) is 0. The summed E-state index contributed by atoms with van der Waals surface area (Å²) in [6.45, 7) is 8.00. The Morgan fingerprint density at radius 3 is 0.536 bits per heavy atom. The topological polar surface area (TPSA) is 0 Å². The van der Waals surface area contributed by atoms with E-state index in [1.54, 1.807) is 0 Å². The van der Waals surface area contributed by atoms with Gasteiger partial charge in [-0.05, 0) is 22.3 Å². The zero-order chi connectivity index (χ0) is 20.5. The first-order valence-electron chi connectivity index (χ1n) is 10.1. The van der Waals surface area contributed by atoms with E-state index in [-0.39, 0.29) is 0 Å². The van der Waals surface area contributed by atoms with Crippen LogP contribution in [0, 0.1) is 0 Å². The van der Waals surface area contributed by atoms with E-state index in [1.165, 1.54) is 22.3 Å². The summed E-state index contributed by atoms with van der Waals surface area (Å²) in [5.74, 6) is 0. The molecule has 0 aliphatic heterocycles. The molecule has 0 atom stereocenters. The third-order valence-corrected chi connectivity index (χ3v) is 3.76. The van der Waals surface area contributed by atoms with Gasteiger partial charge in [0.1, 0.15) is 0 Å².